The van der Waals surface area contributed by atoms with E-state index in [0.717, 1.165) is 25.7 Å². The molecule has 2 rings (SSSR count). The Labute approximate surface area is 143 Å². The van der Waals surface area contributed by atoms with Gasteiger partial charge < -0.3 is 4.43 Å². The van der Waals surface area contributed by atoms with Crippen LogP contribution in [0.5, 0.6) is 0 Å². The van der Waals surface area contributed by atoms with Gasteiger partial charge in [-0.25, -0.2) is 0 Å². The predicted octanol–water partition coefficient (Wildman–Crippen LogP) is 5.72. The maximum absolute atomic E-state index is 12.8. The van der Waals surface area contributed by atoms with Gasteiger partial charge in [-0.05, 0) is 70.2 Å². The van der Waals surface area contributed by atoms with Gasteiger partial charge in [0.25, 0.3) is 0 Å². The molecule has 0 aromatic heterocycles. The summed E-state index contributed by atoms with van der Waals surface area (Å²) in [5, 5.41) is 0. The minimum absolute atomic E-state index is 0.195. The van der Waals surface area contributed by atoms with Crippen LogP contribution in [-0.2, 0) is 9.22 Å². The first-order chi connectivity index (χ1) is 10.6. The van der Waals surface area contributed by atoms with E-state index >= 15 is 0 Å². The molecule has 0 amide bonds. The third kappa shape index (κ3) is 4.37. The van der Waals surface area contributed by atoms with Gasteiger partial charge in [0.1, 0.15) is 5.78 Å². The van der Waals surface area contributed by atoms with Crippen molar-refractivity contribution in [1.29, 1.82) is 0 Å². The van der Waals surface area contributed by atoms with Crippen LogP contribution in [0.25, 0.3) is 0 Å². The van der Waals surface area contributed by atoms with Gasteiger partial charge in [-0.2, -0.15) is 0 Å². The van der Waals surface area contributed by atoms with Crippen LogP contribution in [0.3, 0.4) is 0 Å². The molecule has 1 fully saturated rings. The summed E-state index contributed by atoms with van der Waals surface area (Å²) in [7, 11) is -1.63. The summed E-state index contributed by atoms with van der Waals surface area (Å²) >= 11 is 0. The molecule has 130 valence electrons. The number of carbonyl (C=O) groups excluding carboxylic acids is 1. The van der Waals surface area contributed by atoms with Crippen LogP contribution in [0.1, 0.15) is 52.9 Å². The van der Waals surface area contributed by atoms with Gasteiger partial charge in [-0.1, -0.05) is 25.5 Å². The second kappa shape index (κ2) is 6.96. The van der Waals surface area contributed by atoms with Crippen LogP contribution >= 0.6 is 0 Å². The number of ketones is 1. The van der Waals surface area contributed by atoms with Crippen molar-refractivity contribution < 1.29 is 9.22 Å². The molecule has 2 aliphatic carbocycles. The standard InChI is InChI=1S/C20H34O2Si/c1-13(2)16-11-18(17-10-8-9-14(3)20(17)21)15(4)19(12-16)22-23(5,6)7/h14,16-18H,1,8-12H2,2-7H3/t14-,16+,17+,18+/m0/s1. The zero-order valence-corrected chi connectivity index (χ0v) is 16.9. The van der Waals surface area contributed by atoms with Crippen LogP contribution < -0.4 is 0 Å². The van der Waals surface area contributed by atoms with Crippen molar-refractivity contribution in [2.75, 3.05) is 0 Å². The Bertz CT molecular complexity index is 512. The number of allylic oxidation sites excluding steroid dienone is 3. The smallest absolute Gasteiger partial charge is 0.241 e. The maximum Gasteiger partial charge on any atom is 0.241 e. The fraction of sp³-hybridized carbons (Fsp3) is 0.750. The normalized spacial score (nSPS) is 32.9. The fourth-order valence-electron chi connectivity index (χ4n) is 4.18. The van der Waals surface area contributed by atoms with E-state index in [9.17, 15) is 4.79 Å². The van der Waals surface area contributed by atoms with Gasteiger partial charge in [0, 0.05) is 18.3 Å². The van der Waals surface area contributed by atoms with E-state index in [1.807, 2.05) is 0 Å². The summed E-state index contributed by atoms with van der Waals surface area (Å²) in [6.45, 7) is 17.3. The highest BCUT2D eigenvalue weighted by atomic mass is 28.4. The topological polar surface area (TPSA) is 26.3 Å². The van der Waals surface area contributed by atoms with E-state index in [1.54, 1.807) is 0 Å². The Morgan fingerprint density at radius 2 is 1.87 bits per heavy atom. The molecule has 3 heteroatoms. The van der Waals surface area contributed by atoms with Gasteiger partial charge >= 0.3 is 0 Å². The van der Waals surface area contributed by atoms with Crippen molar-refractivity contribution in [3.8, 4) is 0 Å². The zero-order chi connectivity index (χ0) is 17.4. The minimum Gasteiger partial charge on any atom is -0.547 e. The number of hydrogen-bond acceptors (Lipinski definition) is 2. The number of Topliss-reactive ketones (excluding diaryl/α,β-unsaturated/α-hetero) is 1. The first-order valence-electron chi connectivity index (χ1n) is 9.18. The highest BCUT2D eigenvalue weighted by molar-refractivity contribution is 6.70. The molecule has 2 nitrogen and oxygen atoms in total. The molecule has 0 aromatic carbocycles. The Morgan fingerprint density at radius 1 is 1.22 bits per heavy atom. The van der Waals surface area contributed by atoms with Gasteiger partial charge in [0.2, 0.25) is 8.32 Å². The molecule has 23 heavy (non-hydrogen) atoms. The number of carbonyl (C=O) groups is 1. The largest absolute Gasteiger partial charge is 0.547 e. The van der Waals surface area contributed by atoms with Crippen molar-refractivity contribution >= 4 is 14.1 Å². The Kier molecular flexibility index (Phi) is 5.60. The quantitative estimate of drug-likeness (QED) is 0.485. The summed E-state index contributed by atoms with van der Waals surface area (Å²) in [6, 6.07) is 0. The molecule has 0 heterocycles. The van der Waals surface area contributed by atoms with Crippen molar-refractivity contribution in [3.05, 3.63) is 23.5 Å². The van der Waals surface area contributed by atoms with Crippen molar-refractivity contribution in [2.45, 2.75) is 72.5 Å². The summed E-state index contributed by atoms with van der Waals surface area (Å²) in [4.78, 5) is 12.8. The first kappa shape index (κ1) is 18.5. The highest BCUT2D eigenvalue weighted by Gasteiger charge is 2.40. The van der Waals surface area contributed by atoms with Crippen LogP contribution in [0.4, 0.5) is 0 Å². The molecule has 0 saturated heterocycles. The second-order valence-electron chi connectivity index (χ2n) is 8.75. The molecule has 0 aromatic rings. The van der Waals surface area contributed by atoms with Gasteiger partial charge in [0.15, 0.2) is 0 Å². The van der Waals surface area contributed by atoms with Gasteiger partial charge in [-0.15, -0.1) is 0 Å². The molecule has 0 bridgehead atoms. The molecule has 0 aliphatic heterocycles. The lowest BCUT2D eigenvalue weighted by atomic mass is 9.66. The van der Waals surface area contributed by atoms with Crippen molar-refractivity contribution in [2.24, 2.45) is 23.7 Å². The molecule has 0 radical (unpaired) electrons. The van der Waals surface area contributed by atoms with E-state index in [4.69, 9.17) is 4.43 Å². The number of rotatable bonds is 4. The van der Waals surface area contributed by atoms with Crippen molar-refractivity contribution in [1.82, 2.24) is 0 Å². The van der Waals surface area contributed by atoms with E-state index in [-0.39, 0.29) is 11.8 Å². The SMILES string of the molecule is C=C(C)[C@H]1CC(O[Si](C)(C)C)=C(C)[C@H]([C@H]2CCC[C@H](C)C2=O)C1. The maximum atomic E-state index is 12.8. The predicted molar refractivity (Wildman–Crippen MR) is 99.7 cm³/mol. The van der Waals surface area contributed by atoms with E-state index in [1.165, 1.54) is 23.3 Å². The molecular weight excluding hydrogens is 300 g/mol. The van der Waals surface area contributed by atoms with Crippen LogP contribution in [0.15, 0.2) is 23.5 Å². The Balaban J connectivity index is 2.33. The van der Waals surface area contributed by atoms with E-state index < -0.39 is 8.32 Å². The molecule has 2 aliphatic rings. The monoisotopic (exact) mass is 334 g/mol. The summed E-state index contributed by atoms with van der Waals surface area (Å²) < 4.78 is 6.42. The van der Waals surface area contributed by atoms with Gasteiger partial charge in [0.05, 0.1) is 5.76 Å². The lowest BCUT2D eigenvalue weighted by molar-refractivity contribution is -0.130. The summed E-state index contributed by atoms with van der Waals surface area (Å²) in [5.74, 6) is 2.89. The molecule has 0 N–H and O–H groups in total. The van der Waals surface area contributed by atoms with Gasteiger partial charge in [-0.3, -0.25) is 4.79 Å². The number of hydrogen-bond donors (Lipinski definition) is 0. The van der Waals surface area contributed by atoms with E-state index in [0.29, 0.717) is 17.6 Å². The molecule has 4 atom stereocenters. The average Bonchev–Trinajstić information content (AvgIpc) is 2.43. The lowest BCUT2D eigenvalue weighted by Crippen LogP contribution is -2.37. The second-order valence-corrected chi connectivity index (χ2v) is 13.2. The first-order valence-corrected chi connectivity index (χ1v) is 12.6. The highest BCUT2D eigenvalue weighted by Crippen LogP contribution is 2.45. The third-order valence-electron chi connectivity index (χ3n) is 5.58. The third-order valence-corrected chi connectivity index (χ3v) is 6.44. The molecule has 0 spiro atoms. The fourth-order valence-corrected chi connectivity index (χ4v) is 5.17. The zero-order valence-electron chi connectivity index (χ0n) is 15.9. The molecular formula is C20H34O2Si. The lowest BCUT2D eigenvalue weighted by Gasteiger charge is -2.40. The summed E-state index contributed by atoms with van der Waals surface area (Å²) in [6.07, 6.45) is 5.34. The van der Waals surface area contributed by atoms with E-state index in [2.05, 4.69) is 47.0 Å². The van der Waals surface area contributed by atoms with Crippen LogP contribution in [0, 0.1) is 23.7 Å². The Hall–Kier alpha value is -0.833. The average molecular weight is 335 g/mol. The van der Waals surface area contributed by atoms with Crippen LogP contribution in [-0.4, -0.2) is 14.1 Å². The minimum atomic E-state index is -1.63. The van der Waals surface area contributed by atoms with Crippen molar-refractivity contribution in [3.63, 3.8) is 0 Å². The summed E-state index contributed by atoms with van der Waals surface area (Å²) in [5.41, 5.74) is 2.58. The van der Waals surface area contributed by atoms with Crippen LogP contribution in [0.2, 0.25) is 19.6 Å². The Morgan fingerprint density at radius 3 is 2.43 bits per heavy atom. The molecule has 1 saturated carbocycles. The molecule has 0 unspecified atom stereocenters.